The van der Waals surface area contributed by atoms with Crippen molar-refractivity contribution in [1.82, 2.24) is 24.8 Å². The van der Waals surface area contributed by atoms with E-state index in [9.17, 15) is 4.79 Å². The van der Waals surface area contributed by atoms with Crippen molar-refractivity contribution in [3.8, 4) is 16.9 Å². The molecule has 5 rings (SSSR count). The van der Waals surface area contributed by atoms with Crippen LogP contribution in [0.4, 0.5) is 0 Å². The SMILES string of the molecule is Cc1ccc(C)n1-c1ccc(C(=O)N/N=C/c2cn(Cc3ccccc3)nc2-c2cccnc2)cc1. The molecule has 0 aliphatic carbocycles. The molecule has 0 radical (unpaired) electrons. The summed E-state index contributed by atoms with van der Waals surface area (Å²) < 4.78 is 4.01. The fourth-order valence-corrected chi connectivity index (χ4v) is 4.17. The van der Waals surface area contributed by atoms with Gasteiger partial charge in [-0.1, -0.05) is 30.3 Å². The van der Waals surface area contributed by atoms with E-state index in [2.05, 4.69) is 58.2 Å². The van der Waals surface area contributed by atoms with Crippen molar-refractivity contribution in [2.45, 2.75) is 20.4 Å². The second-order valence-corrected chi connectivity index (χ2v) is 8.56. The van der Waals surface area contributed by atoms with E-state index in [4.69, 9.17) is 5.10 Å². The Balaban J connectivity index is 1.33. The average molecular weight is 475 g/mol. The standard InChI is InChI=1S/C29H26N6O/c1-21-10-11-22(2)35(21)27-14-12-24(13-15-27)29(36)32-31-18-26-20-34(19-23-7-4-3-5-8-23)33-28(26)25-9-6-16-30-17-25/h3-18,20H,19H2,1-2H3,(H,32,36)/b31-18+. The highest BCUT2D eigenvalue weighted by molar-refractivity contribution is 5.95. The van der Waals surface area contributed by atoms with Crippen LogP contribution in [-0.2, 0) is 6.54 Å². The number of nitrogens with zero attached hydrogens (tertiary/aromatic N) is 5. The van der Waals surface area contributed by atoms with Crippen LogP contribution in [0.5, 0.6) is 0 Å². The van der Waals surface area contributed by atoms with Gasteiger partial charge in [0, 0.05) is 52.4 Å². The molecule has 7 heteroatoms. The van der Waals surface area contributed by atoms with Crippen molar-refractivity contribution < 1.29 is 4.79 Å². The minimum Gasteiger partial charge on any atom is -0.319 e. The van der Waals surface area contributed by atoms with E-state index in [0.717, 1.165) is 39.5 Å². The molecule has 0 fully saturated rings. The van der Waals surface area contributed by atoms with Crippen LogP contribution in [0.25, 0.3) is 16.9 Å². The molecule has 3 heterocycles. The number of hydrogen-bond acceptors (Lipinski definition) is 4. The highest BCUT2D eigenvalue weighted by atomic mass is 16.2. The summed E-state index contributed by atoms with van der Waals surface area (Å²) in [5.41, 5.74) is 10.0. The third-order valence-corrected chi connectivity index (χ3v) is 5.94. The Kier molecular flexibility index (Phi) is 6.53. The molecule has 0 saturated carbocycles. The number of hydrazone groups is 1. The van der Waals surface area contributed by atoms with Crippen molar-refractivity contribution in [3.05, 3.63) is 126 Å². The van der Waals surface area contributed by atoms with E-state index in [-0.39, 0.29) is 5.91 Å². The molecule has 5 aromatic rings. The Bertz CT molecular complexity index is 1480. The van der Waals surface area contributed by atoms with Gasteiger partial charge in [-0.15, -0.1) is 0 Å². The van der Waals surface area contributed by atoms with Crippen LogP contribution < -0.4 is 5.43 Å². The van der Waals surface area contributed by atoms with Crippen molar-refractivity contribution in [3.63, 3.8) is 0 Å². The number of hydrogen-bond donors (Lipinski definition) is 1. The second kappa shape index (κ2) is 10.2. The number of nitrogens with one attached hydrogen (secondary N) is 1. The lowest BCUT2D eigenvalue weighted by molar-refractivity contribution is 0.0955. The summed E-state index contributed by atoms with van der Waals surface area (Å²) in [6.45, 7) is 4.75. The summed E-state index contributed by atoms with van der Waals surface area (Å²) in [5.74, 6) is -0.279. The van der Waals surface area contributed by atoms with Gasteiger partial charge in [0.05, 0.1) is 12.8 Å². The Morgan fingerprint density at radius 1 is 0.944 bits per heavy atom. The molecule has 1 amide bonds. The summed E-state index contributed by atoms with van der Waals surface area (Å²) in [4.78, 5) is 16.9. The fraction of sp³-hybridized carbons (Fsp3) is 0.103. The maximum Gasteiger partial charge on any atom is 0.271 e. The molecule has 0 saturated heterocycles. The topological polar surface area (TPSA) is 77.1 Å². The minimum absolute atomic E-state index is 0.279. The largest absolute Gasteiger partial charge is 0.319 e. The minimum atomic E-state index is -0.279. The van der Waals surface area contributed by atoms with Crippen LogP contribution in [0.2, 0.25) is 0 Å². The van der Waals surface area contributed by atoms with Gasteiger partial charge < -0.3 is 4.57 Å². The molecule has 3 aromatic heterocycles. The van der Waals surface area contributed by atoms with Gasteiger partial charge in [-0.2, -0.15) is 10.2 Å². The molecule has 0 aliphatic heterocycles. The predicted octanol–water partition coefficient (Wildman–Crippen LogP) is 5.16. The monoisotopic (exact) mass is 474 g/mol. The Hall–Kier alpha value is -4.78. The number of pyridine rings is 1. The summed E-state index contributed by atoms with van der Waals surface area (Å²) in [7, 11) is 0. The van der Waals surface area contributed by atoms with Crippen LogP contribution in [0.3, 0.4) is 0 Å². The van der Waals surface area contributed by atoms with Crippen molar-refractivity contribution >= 4 is 12.1 Å². The lowest BCUT2D eigenvalue weighted by atomic mass is 10.1. The van der Waals surface area contributed by atoms with Gasteiger partial charge in [0.2, 0.25) is 0 Å². The zero-order valence-electron chi connectivity index (χ0n) is 20.2. The summed E-state index contributed by atoms with van der Waals surface area (Å²) in [6.07, 6.45) is 7.03. The predicted molar refractivity (Wildman–Crippen MR) is 141 cm³/mol. The van der Waals surface area contributed by atoms with Gasteiger partial charge in [0.15, 0.2) is 0 Å². The molecular formula is C29H26N6O. The van der Waals surface area contributed by atoms with Crippen molar-refractivity contribution in [1.29, 1.82) is 0 Å². The van der Waals surface area contributed by atoms with Crippen LogP contribution in [-0.4, -0.2) is 31.5 Å². The van der Waals surface area contributed by atoms with Crippen LogP contribution in [0.15, 0.2) is 103 Å². The lowest BCUT2D eigenvalue weighted by Gasteiger charge is -2.10. The molecule has 178 valence electrons. The normalized spacial score (nSPS) is 11.2. The highest BCUT2D eigenvalue weighted by Gasteiger charge is 2.11. The van der Waals surface area contributed by atoms with Gasteiger partial charge >= 0.3 is 0 Å². The quantitative estimate of drug-likeness (QED) is 0.261. The number of aromatic nitrogens is 4. The zero-order chi connectivity index (χ0) is 24.9. The lowest BCUT2D eigenvalue weighted by Crippen LogP contribution is -2.17. The maximum absolute atomic E-state index is 12.7. The second-order valence-electron chi connectivity index (χ2n) is 8.56. The number of amides is 1. The summed E-state index contributed by atoms with van der Waals surface area (Å²) >= 11 is 0. The smallest absolute Gasteiger partial charge is 0.271 e. The van der Waals surface area contributed by atoms with Gasteiger partial charge in [-0.05, 0) is 67.9 Å². The van der Waals surface area contributed by atoms with Crippen LogP contribution in [0, 0.1) is 13.8 Å². The number of carbonyl (C=O) groups excluding carboxylic acids is 1. The molecule has 0 spiro atoms. The van der Waals surface area contributed by atoms with E-state index in [1.54, 1.807) is 30.7 Å². The van der Waals surface area contributed by atoms with E-state index < -0.39 is 0 Å². The molecule has 36 heavy (non-hydrogen) atoms. The molecule has 2 aromatic carbocycles. The van der Waals surface area contributed by atoms with E-state index in [0.29, 0.717) is 12.1 Å². The van der Waals surface area contributed by atoms with E-state index in [1.807, 2.05) is 53.3 Å². The first-order valence-electron chi connectivity index (χ1n) is 11.7. The molecule has 1 N–H and O–H groups in total. The molecule has 0 bridgehead atoms. The first kappa shape index (κ1) is 23.0. The summed E-state index contributed by atoms with van der Waals surface area (Å²) in [6, 6.07) is 25.6. The van der Waals surface area contributed by atoms with Gasteiger partial charge in [-0.25, -0.2) is 5.43 Å². The molecule has 0 unspecified atom stereocenters. The van der Waals surface area contributed by atoms with Crippen molar-refractivity contribution in [2.75, 3.05) is 0 Å². The number of aryl methyl sites for hydroxylation is 2. The van der Waals surface area contributed by atoms with Crippen LogP contribution >= 0.6 is 0 Å². The third kappa shape index (κ3) is 5.00. The summed E-state index contributed by atoms with van der Waals surface area (Å²) in [5, 5.41) is 8.97. The zero-order valence-corrected chi connectivity index (χ0v) is 20.2. The first-order chi connectivity index (χ1) is 17.6. The average Bonchev–Trinajstić information content (AvgIpc) is 3.47. The molecular weight excluding hydrogens is 448 g/mol. The Morgan fingerprint density at radius 2 is 1.69 bits per heavy atom. The maximum atomic E-state index is 12.7. The van der Waals surface area contributed by atoms with E-state index >= 15 is 0 Å². The first-order valence-corrected chi connectivity index (χ1v) is 11.7. The fourth-order valence-electron chi connectivity index (χ4n) is 4.17. The van der Waals surface area contributed by atoms with Gasteiger partial charge in [0.25, 0.3) is 5.91 Å². The van der Waals surface area contributed by atoms with Crippen molar-refractivity contribution in [2.24, 2.45) is 5.10 Å². The number of benzene rings is 2. The van der Waals surface area contributed by atoms with E-state index in [1.165, 1.54) is 0 Å². The van der Waals surface area contributed by atoms with Gasteiger partial charge in [0.1, 0.15) is 5.69 Å². The Morgan fingerprint density at radius 3 is 2.39 bits per heavy atom. The van der Waals surface area contributed by atoms with Gasteiger partial charge in [-0.3, -0.25) is 14.5 Å². The molecule has 0 atom stereocenters. The van der Waals surface area contributed by atoms with Crippen LogP contribution in [0.1, 0.15) is 32.9 Å². The molecule has 0 aliphatic rings. The number of rotatable bonds is 7. The molecule has 7 nitrogen and oxygen atoms in total. The number of carbonyl (C=O) groups is 1. The third-order valence-electron chi connectivity index (χ3n) is 5.94. The highest BCUT2D eigenvalue weighted by Crippen LogP contribution is 2.21. The Labute approximate surface area is 209 Å².